The van der Waals surface area contributed by atoms with Gasteiger partial charge < -0.3 is 46.5 Å². The number of thioether (sulfide) groups is 1. The lowest BCUT2D eigenvalue weighted by Crippen LogP contribution is -3.00. The van der Waals surface area contributed by atoms with E-state index in [1.807, 2.05) is 114 Å². The van der Waals surface area contributed by atoms with Crippen LogP contribution >= 0.6 is 11.8 Å². The molecule has 1 aliphatic rings. The van der Waals surface area contributed by atoms with Crippen molar-refractivity contribution in [2.24, 2.45) is 0 Å². The van der Waals surface area contributed by atoms with Crippen molar-refractivity contribution in [2.75, 3.05) is 39.4 Å². The lowest BCUT2D eigenvalue weighted by atomic mass is 9.80. The Kier molecular flexibility index (Phi) is 12.4. The number of halogens is 1. The number of benzene rings is 5. The van der Waals surface area contributed by atoms with Crippen LogP contribution in [0, 0.1) is 0 Å². The van der Waals surface area contributed by atoms with Gasteiger partial charge in [0.2, 0.25) is 12.1 Å². The van der Waals surface area contributed by atoms with Crippen molar-refractivity contribution in [1.82, 2.24) is 5.32 Å². The van der Waals surface area contributed by atoms with Crippen LogP contribution in [0.2, 0.25) is 0 Å². The summed E-state index contributed by atoms with van der Waals surface area (Å²) in [5.41, 5.74) is 4.71. The van der Waals surface area contributed by atoms with Gasteiger partial charge in [0, 0.05) is 24.1 Å². The average Bonchev–Trinajstić information content (AvgIpc) is 3.53. The predicted octanol–water partition coefficient (Wildman–Crippen LogP) is 4.17. The molecule has 0 bridgehead atoms. The second-order valence-electron chi connectivity index (χ2n) is 12.8. The van der Waals surface area contributed by atoms with Gasteiger partial charge in [-0.15, -0.1) is 0 Å². The molecule has 8 nitrogen and oxygen atoms in total. The molecule has 2 heterocycles. The summed E-state index contributed by atoms with van der Waals surface area (Å²) in [5.74, 6) is 1.20. The van der Waals surface area contributed by atoms with E-state index < -0.39 is 11.6 Å². The molecule has 2 N–H and O–H groups in total. The molecule has 0 spiro atoms. The Morgan fingerprint density at radius 3 is 2.04 bits per heavy atom. The number of fused-ring (bicyclic) bond motifs is 2. The number of carbonyl (C=O) groups is 1. The fraction of sp³-hybridized carbons (Fsp3) is 0.182. The molecule has 276 valence electrons. The fourth-order valence-corrected chi connectivity index (χ4v) is 7.92. The molecule has 6 aromatic rings. The van der Waals surface area contributed by atoms with Gasteiger partial charge in [-0.25, -0.2) is 0 Å². The molecule has 54 heavy (non-hydrogen) atoms. The van der Waals surface area contributed by atoms with Crippen LogP contribution in [0.15, 0.2) is 150 Å². The number of hydrogen-bond donors (Lipinski definition) is 2. The van der Waals surface area contributed by atoms with Gasteiger partial charge in [0.1, 0.15) is 17.1 Å². The molecule has 5 aromatic carbocycles. The Morgan fingerprint density at radius 1 is 0.815 bits per heavy atom. The Balaban J connectivity index is 0.00000497. The normalized spacial score (nSPS) is 13.6. The summed E-state index contributed by atoms with van der Waals surface area (Å²) in [6.45, 7) is -0.219. The minimum atomic E-state index is -1.08. The zero-order valence-corrected chi connectivity index (χ0v) is 32.7. The summed E-state index contributed by atoms with van der Waals surface area (Å²) in [5, 5.41) is 15.8. The van der Waals surface area contributed by atoms with Crippen LogP contribution in [-0.4, -0.2) is 51.5 Å². The molecule has 0 radical (unpaired) electrons. The molecule has 0 saturated carbocycles. The zero-order valence-electron chi connectivity index (χ0n) is 30.3. The molecule has 0 unspecified atom stereocenters. The maximum atomic E-state index is 13.7. The van der Waals surface area contributed by atoms with Crippen LogP contribution in [0.5, 0.6) is 11.5 Å². The van der Waals surface area contributed by atoms with Gasteiger partial charge in [-0.2, -0.15) is 4.57 Å². The number of aliphatic hydroxyl groups excluding tert-OH is 1. The summed E-state index contributed by atoms with van der Waals surface area (Å²) in [7, 11) is 5.35. The van der Waals surface area contributed by atoms with Gasteiger partial charge in [-0.3, -0.25) is 4.79 Å². The second-order valence-corrected chi connectivity index (χ2v) is 13.9. The SMILES string of the molecule is COc1ccc(C(OC[C@@H](CO)NC(=O)C[n+]2ccc(/C=C3\Sc4ccccc4N3C)c3ccccc32)(c2ccccc2)c2ccc(OC)cc2)cc1.[Br-]. The van der Waals surface area contributed by atoms with E-state index in [2.05, 4.69) is 53.7 Å². The Morgan fingerprint density at radius 2 is 1.41 bits per heavy atom. The van der Waals surface area contributed by atoms with Crippen LogP contribution < -0.4 is 41.2 Å². The minimum absolute atomic E-state index is 0. The van der Waals surface area contributed by atoms with Gasteiger partial charge in [0.05, 0.1) is 49.6 Å². The first-order valence-electron chi connectivity index (χ1n) is 17.5. The van der Waals surface area contributed by atoms with Crippen LogP contribution in [0.1, 0.15) is 22.3 Å². The van der Waals surface area contributed by atoms with Crippen LogP contribution in [-0.2, 0) is 21.7 Å². The number of anilines is 1. The highest BCUT2D eigenvalue weighted by molar-refractivity contribution is 8.03. The molecule has 0 aliphatic carbocycles. The van der Waals surface area contributed by atoms with Crippen molar-refractivity contribution in [3.05, 3.63) is 167 Å². The van der Waals surface area contributed by atoms with Crippen LogP contribution in [0.4, 0.5) is 5.69 Å². The van der Waals surface area contributed by atoms with Crippen molar-refractivity contribution in [3.8, 4) is 11.5 Å². The number of methoxy groups -OCH3 is 2. The summed E-state index contributed by atoms with van der Waals surface area (Å²) in [4.78, 5) is 17.1. The number of ether oxygens (including phenoxy) is 3. The minimum Gasteiger partial charge on any atom is -1.00 e. The molecule has 1 atom stereocenters. The topological polar surface area (TPSA) is 84.1 Å². The number of rotatable bonds is 13. The van der Waals surface area contributed by atoms with E-state index in [0.29, 0.717) is 0 Å². The monoisotopic (exact) mass is 803 g/mol. The maximum Gasteiger partial charge on any atom is 0.286 e. The molecule has 1 aliphatic heterocycles. The van der Waals surface area contributed by atoms with Crippen molar-refractivity contribution in [3.63, 3.8) is 0 Å². The van der Waals surface area contributed by atoms with Gasteiger partial charge >= 0.3 is 0 Å². The van der Waals surface area contributed by atoms with E-state index in [9.17, 15) is 9.90 Å². The highest BCUT2D eigenvalue weighted by atomic mass is 79.9. The number of carbonyl (C=O) groups excluding carboxylic acids is 1. The molecule has 1 aromatic heterocycles. The zero-order chi connectivity index (χ0) is 36.8. The van der Waals surface area contributed by atoms with E-state index in [0.717, 1.165) is 49.7 Å². The number of aromatic nitrogens is 1. The van der Waals surface area contributed by atoms with Gasteiger partial charge in [-0.1, -0.05) is 90.6 Å². The van der Waals surface area contributed by atoms with E-state index in [1.165, 1.54) is 10.6 Å². The number of amides is 1. The number of hydrogen-bond acceptors (Lipinski definition) is 7. The maximum absolute atomic E-state index is 13.7. The van der Waals surface area contributed by atoms with Crippen molar-refractivity contribution < 1.29 is 45.7 Å². The molecular formula is C44H42BrN3O5S. The first-order valence-corrected chi connectivity index (χ1v) is 18.3. The lowest BCUT2D eigenvalue weighted by molar-refractivity contribution is -0.658. The molecule has 0 fully saturated rings. The molecule has 10 heteroatoms. The highest BCUT2D eigenvalue weighted by Crippen LogP contribution is 2.46. The number of nitrogens with one attached hydrogen (secondary N) is 1. The van der Waals surface area contributed by atoms with E-state index >= 15 is 0 Å². The smallest absolute Gasteiger partial charge is 0.286 e. The number of pyridine rings is 1. The summed E-state index contributed by atoms with van der Waals surface area (Å²) in [6.07, 6.45) is 4.14. The van der Waals surface area contributed by atoms with Crippen molar-refractivity contribution in [2.45, 2.75) is 23.1 Å². The third kappa shape index (κ3) is 7.88. The van der Waals surface area contributed by atoms with E-state index in [4.69, 9.17) is 14.2 Å². The lowest BCUT2D eigenvalue weighted by Gasteiger charge is -2.37. The molecular weight excluding hydrogens is 762 g/mol. The highest BCUT2D eigenvalue weighted by Gasteiger charge is 2.39. The Labute approximate surface area is 330 Å². The molecule has 7 rings (SSSR count). The van der Waals surface area contributed by atoms with Gasteiger partial charge in [0.25, 0.3) is 5.91 Å². The predicted molar refractivity (Wildman–Crippen MR) is 210 cm³/mol. The average molecular weight is 805 g/mol. The third-order valence-electron chi connectivity index (χ3n) is 9.58. The Bertz CT molecular complexity index is 2190. The summed E-state index contributed by atoms with van der Waals surface area (Å²) >= 11 is 1.75. The van der Waals surface area contributed by atoms with E-state index in [-0.39, 0.29) is 42.6 Å². The number of aliphatic hydroxyl groups is 1. The third-order valence-corrected chi connectivity index (χ3v) is 10.7. The molecule has 0 saturated heterocycles. The first-order chi connectivity index (χ1) is 25.9. The standard InChI is InChI=1S/C44H41N3O5S.BrH/c1-46-40-15-9-10-16-41(40)53-43(46)27-31-25-26-47(39-14-8-7-13-38(31)39)28-42(49)45-35(29-48)30-52-44(32-11-5-4-6-12-32,33-17-21-36(50-2)22-18-33)34-19-23-37(51-3)24-20-34;/h4-27,35,48H,28-30H2,1-3H3;1H/t35-;/m1./s1. The summed E-state index contributed by atoms with van der Waals surface area (Å²) in [6, 6.07) is 43.3. The van der Waals surface area contributed by atoms with Gasteiger partial charge in [-0.05, 0) is 70.8 Å². The fourth-order valence-electron chi connectivity index (χ4n) is 6.82. The van der Waals surface area contributed by atoms with Crippen LogP contribution in [0.3, 0.4) is 0 Å². The van der Waals surface area contributed by atoms with Crippen LogP contribution in [0.25, 0.3) is 17.0 Å². The molecule has 1 amide bonds. The van der Waals surface area contributed by atoms with E-state index in [1.54, 1.807) is 26.0 Å². The number of para-hydroxylation sites is 2. The quantitative estimate of drug-likeness (QED) is 0.134. The van der Waals surface area contributed by atoms with Gasteiger partial charge in [0.15, 0.2) is 6.20 Å². The second kappa shape index (κ2) is 17.3. The summed E-state index contributed by atoms with van der Waals surface area (Å²) < 4.78 is 19.8. The van der Waals surface area contributed by atoms with Crippen molar-refractivity contribution in [1.29, 1.82) is 0 Å². The Hall–Kier alpha value is -5.13. The van der Waals surface area contributed by atoms with Crippen molar-refractivity contribution >= 4 is 40.3 Å². The largest absolute Gasteiger partial charge is 1.00 e. The number of nitrogens with zero attached hydrogens (tertiary/aromatic N) is 2. The first kappa shape index (κ1) is 38.6.